The number of alkyl halides is 1. The van der Waals surface area contributed by atoms with Gasteiger partial charge in [-0.3, -0.25) is 0 Å². The molecule has 0 spiro atoms. The van der Waals surface area contributed by atoms with E-state index in [1.165, 1.54) is 13.3 Å². The minimum atomic E-state index is -0.402. The van der Waals surface area contributed by atoms with Gasteiger partial charge in [-0.2, -0.15) is 0 Å². The van der Waals surface area contributed by atoms with Crippen LogP contribution in [0.2, 0.25) is 0 Å². The molecule has 0 aliphatic rings. The van der Waals surface area contributed by atoms with Crippen LogP contribution in [-0.4, -0.2) is 22.6 Å². The Hall–Kier alpha value is -1.03. The Kier molecular flexibility index (Phi) is 2.70. The fraction of sp³-hybridized carbons (Fsp3) is 0.429. The summed E-state index contributed by atoms with van der Waals surface area (Å²) in [5.74, 6) is 0.534. The maximum Gasteiger partial charge on any atom is 0.356 e. The first kappa shape index (κ1) is 9.06. The molecular formula is C7H9ClN2O2. The highest BCUT2D eigenvalue weighted by Gasteiger charge is 2.12. The molecule has 0 N–H and O–H groups in total. The van der Waals surface area contributed by atoms with Gasteiger partial charge in [0.15, 0.2) is 0 Å². The lowest BCUT2D eigenvalue weighted by molar-refractivity contribution is 0.0589. The monoisotopic (exact) mass is 188 g/mol. The highest BCUT2D eigenvalue weighted by atomic mass is 35.5. The van der Waals surface area contributed by atoms with Crippen LogP contribution in [0, 0.1) is 0 Å². The number of carbonyl (C=O) groups is 1. The van der Waals surface area contributed by atoms with E-state index in [9.17, 15) is 4.79 Å². The van der Waals surface area contributed by atoms with E-state index in [0.29, 0.717) is 11.5 Å². The van der Waals surface area contributed by atoms with Crippen molar-refractivity contribution in [2.75, 3.05) is 7.11 Å². The van der Waals surface area contributed by atoms with Crippen LogP contribution in [0.3, 0.4) is 0 Å². The van der Waals surface area contributed by atoms with E-state index in [4.69, 9.17) is 11.6 Å². The van der Waals surface area contributed by atoms with Crippen LogP contribution in [-0.2, 0) is 17.7 Å². The summed E-state index contributed by atoms with van der Waals surface area (Å²) in [5.41, 5.74) is 0.410. The summed E-state index contributed by atoms with van der Waals surface area (Å²) in [6.07, 6.45) is 1.45. The number of halogens is 1. The van der Waals surface area contributed by atoms with E-state index in [1.54, 1.807) is 11.6 Å². The van der Waals surface area contributed by atoms with E-state index in [2.05, 4.69) is 9.72 Å². The average molecular weight is 189 g/mol. The summed E-state index contributed by atoms with van der Waals surface area (Å²) < 4.78 is 6.14. The van der Waals surface area contributed by atoms with Gasteiger partial charge in [0.1, 0.15) is 11.5 Å². The van der Waals surface area contributed by atoms with Crippen LogP contribution < -0.4 is 0 Å². The zero-order chi connectivity index (χ0) is 9.14. The molecular weight excluding hydrogens is 180 g/mol. The first-order chi connectivity index (χ1) is 5.70. The quantitative estimate of drug-likeness (QED) is 0.513. The van der Waals surface area contributed by atoms with E-state index < -0.39 is 5.97 Å². The predicted molar refractivity (Wildman–Crippen MR) is 44.1 cm³/mol. The molecule has 1 heterocycles. The molecule has 0 saturated heterocycles. The average Bonchev–Trinajstić information content (AvgIpc) is 2.45. The molecule has 5 heteroatoms. The zero-order valence-electron chi connectivity index (χ0n) is 6.87. The topological polar surface area (TPSA) is 44.1 Å². The molecule has 4 nitrogen and oxygen atoms in total. The van der Waals surface area contributed by atoms with Crippen molar-refractivity contribution in [2.45, 2.75) is 5.88 Å². The Morgan fingerprint density at radius 1 is 1.83 bits per heavy atom. The van der Waals surface area contributed by atoms with Gasteiger partial charge in [0.2, 0.25) is 0 Å². The predicted octanol–water partition coefficient (Wildman–Crippen LogP) is 0.945. The maximum atomic E-state index is 11.0. The smallest absolute Gasteiger partial charge is 0.356 e. The normalized spacial score (nSPS) is 9.92. The van der Waals surface area contributed by atoms with Gasteiger partial charge in [0, 0.05) is 7.05 Å². The minimum Gasteiger partial charge on any atom is -0.464 e. The molecule has 0 saturated carbocycles. The van der Waals surface area contributed by atoms with Crippen LogP contribution in [0.4, 0.5) is 0 Å². The van der Waals surface area contributed by atoms with Crippen molar-refractivity contribution in [1.29, 1.82) is 0 Å². The van der Waals surface area contributed by atoms with E-state index in [1.807, 2.05) is 0 Å². The van der Waals surface area contributed by atoms with Gasteiger partial charge in [-0.25, -0.2) is 9.78 Å². The van der Waals surface area contributed by atoms with Crippen molar-refractivity contribution in [3.05, 3.63) is 17.7 Å². The fourth-order valence-electron chi connectivity index (χ4n) is 0.866. The molecule has 1 rings (SSSR count). The van der Waals surface area contributed by atoms with E-state index in [0.717, 1.165) is 0 Å². The molecule has 66 valence electrons. The van der Waals surface area contributed by atoms with Gasteiger partial charge in [-0.1, -0.05) is 0 Å². The third-order valence-electron chi connectivity index (χ3n) is 1.60. The summed E-state index contributed by atoms with van der Waals surface area (Å²) in [5, 5.41) is 0. The van der Waals surface area contributed by atoms with Crippen LogP contribution in [0.15, 0.2) is 6.20 Å². The molecule has 1 aromatic rings. The number of hydrogen-bond acceptors (Lipinski definition) is 3. The first-order valence-corrected chi connectivity index (χ1v) is 3.89. The highest BCUT2D eigenvalue weighted by molar-refractivity contribution is 6.16. The van der Waals surface area contributed by atoms with Crippen molar-refractivity contribution >= 4 is 17.6 Å². The summed E-state index contributed by atoms with van der Waals surface area (Å²) in [7, 11) is 3.05. The standard InChI is InChI=1S/C7H9ClN2O2/c1-10-5(7(11)12-2)4-9-6(10)3-8/h4H,3H2,1-2H3. The Morgan fingerprint density at radius 3 is 2.92 bits per heavy atom. The van der Waals surface area contributed by atoms with Crippen LogP contribution in [0.5, 0.6) is 0 Å². The molecule has 0 aromatic carbocycles. The molecule has 12 heavy (non-hydrogen) atoms. The van der Waals surface area contributed by atoms with E-state index in [-0.39, 0.29) is 5.88 Å². The molecule has 0 radical (unpaired) electrons. The van der Waals surface area contributed by atoms with Gasteiger partial charge >= 0.3 is 5.97 Å². The van der Waals surface area contributed by atoms with Gasteiger partial charge in [-0.15, -0.1) is 11.6 Å². The molecule has 0 aliphatic heterocycles. The molecule has 0 fully saturated rings. The SMILES string of the molecule is COC(=O)c1cnc(CCl)n1C. The largest absolute Gasteiger partial charge is 0.464 e. The van der Waals surface area contributed by atoms with Crippen LogP contribution in [0.25, 0.3) is 0 Å². The first-order valence-electron chi connectivity index (χ1n) is 3.35. The molecule has 0 unspecified atom stereocenters. The van der Waals surface area contributed by atoms with Crippen LogP contribution in [0.1, 0.15) is 16.3 Å². The molecule has 0 amide bonds. The lowest BCUT2D eigenvalue weighted by Crippen LogP contribution is -2.08. The lowest BCUT2D eigenvalue weighted by atomic mass is 10.5. The molecule has 0 bridgehead atoms. The number of carbonyl (C=O) groups excluding carboxylic acids is 1. The van der Waals surface area contributed by atoms with Crippen molar-refractivity contribution in [2.24, 2.45) is 7.05 Å². The van der Waals surface area contributed by atoms with Gasteiger partial charge in [0.05, 0.1) is 19.2 Å². The summed E-state index contributed by atoms with van der Waals surface area (Å²) in [6.45, 7) is 0. The number of esters is 1. The second kappa shape index (κ2) is 3.58. The lowest BCUT2D eigenvalue weighted by Gasteiger charge is -2.00. The van der Waals surface area contributed by atoms with Crippen molar-refractivity contribution < 1.29 is 9.53 Å². The second-order valence-electron chi connectivity index (χ2n) is 2.24. The number of ether oxygens (including phenoxy) is 1. The van der Waals surface area contributed by atoms with Gasteiger partial charge in [-0.05, 0) is 0 Å². The third kappa shape index (κ3) is 1.43. The van der Waals surface area contributed by atoms with Crippen molar-refractivity contribution in [3.8, 4) is 0 Å². The Bertz CT molecular complexity index is 296. The summed E-state index contributed by atoms with van der Waals surface area (Å²) in [4.78, 5) is 15.0. The van der Waals surface area contributed by atoms with Gasteiger partial charge < -0.3 is 9.30 Å². The number of nitrogens with zero attached hydrogens (tertiary/aromatic N) is 2. The van der Waals surface area contributed by atoms with E-state index >= 15 is 0 Å². The van der Waals surface area contributed by atoms with Crippen molar-refractivity contribution in [3.63, 3.8) is 0 Å². The molecule has 0 aliphatic carbocycles. The number of rotatable bonds is 2. The minimum absolute atomic E-state index is 0.285. The number of imidazole rings is 1. The summed E-state index contributed by atoms with van der Waals surface area (Å²) in [6, 6.07) is 0. The molecule has 1 aromatic heterocycles. The highest BCUT2D eigenvalue weighted by Crippen LogP contribution is 2.06. The fourth-order valence-corrected chi connectivity index (χ4v) is 1.11. The van der Waals surface area contributed by atoms with Gasteiger partial charge in [0.25, 0.3) is 0 Å². The Balaban J connectivity index is 3.02. The third-order valence-corrected chi connectivity index (χ3v) is 1.84. The maximum absolute atomic E-state index is 11.0. The second-order valence-corrected chi connectivity index (χ2v) is 2.51. The Morgan fingerprint density at radius 2 is 2.50 bits per heavy atom. The summed E-state index contributed by atoms with van der Waals surface area (Å²) >= 11 is 5.56. The number of aromatic nitrogens is 2. The Labute approximate surface area is 75.1 Å². The molecule has 0 atom stereocenters. The number of hydrogen-bond donors (Lipinski definition) is 0. The number of methoxy groups -OCH3 is 1. The van der Waals surface area contributed by atoms with Crippen LogP contribution >= 0.6 is 11.6 Å². The zero-order valence-corrected chi connectivity index (χ0v) is 7.63. The van der Waals surface area contributed by atoms with Crippen molar-refractivity contribution in [1.82, 2.24) is 9.55 Å².